The van der Waals surface area contributed by atoms with Gasteiger partial charge in [0.25, 0.3) is 0 Å². The van der Waals surface area contributed by atoms with Gasteiger partial charge in [-0.1, -0.05) is 42.9 Å². The van der Waals surface area contributed by atoms with Crippen molar-refractivity contribution in [2.24, 2.45) is 0 Å². The molecule has 0 bridgehead atoms. The molecular weight excluding hydrogens is 301 g/mol. The number of aromatic nitrogens is 2. The minimum Gasteiger partial charge on any atom is -0.375 e. The monoisotopic (exact) mass is 321 g/mol. The van der Waals surface area contributed by atoms with Crippen molar-refractivity contribution in [3.05, 3.63) is 40.7 Å². The summed E-state index contributed by atoms with van der Waals surface area (Å²) in [6, 6.07) is 6.82. The molecule has 1 atom stereocenters. The third-order valence-electron chi connectivity index (χ3n) is 3.78. The second-order valence-electron chi connectivity index (χ2n) is 5.47. The van der Waals surface area contributed by atoms with E-state index in [1.54, 1.807) is 23.5 Å². The molecule has 2 aromatic rings. The Kier molecular flexibility index (Phi) is 5.00. The lowest BCUT2D eigenvalue weighted by Crippen LogP contribution is -2.42. The van der Waals surface area contributed by atoms with Crippen molar-refractivity contribution in [3.8, 4) is 0 Å². The first-order chi connectivity index (χ1) is 10.8. The summed E-state index contributed by atoms with van der Waals surface area (Å²) in [5.41, 5.74) is 0.663. The molecule has 0 N–H and O–H groups in total. The first kappa shape index (κ1) is 15.4. The Bertz CT molecular complexity index is 617. The van der Waals surface area contributed by atoms with Crippen LogP contribution in [0, 0.1) is 5.82 Å². The van der Waals surface area contributed by atoms with Crippen molar-refractivity contribution in [1.29, 1.82) is 0 Å². The Hall–Kier alpha value is -1.53. The van der Waals surface area contributed by atoms with Gasteiger partial charge in [0, 0.05) is 19.5 Å². The summed E-state index contributed by atoms with van der Waals surface area (Å²) >= 11 is 1.54. The Morgan fingerprint density at radius 2 is 2.23 bits per heavy atom. The Morgan fingerprint density at radius 3 is 3.05 bits per heavy atom. The number of hydrogen-bond donors (Lipinski definition) is 0. The molecule has 1 aliphatic rings. The Morgan fingerprint density at radius 1 is 1.36 bits per heavy atom. The summed E-state index contributed by atoms with van der Waals surface area (Å²) in [5, 5.41) is 10.3. The number of hydrogen-bond acceptors (Lipinski definition) is 5. The summed E-state index contributed by atoms with van der Waals surface area (Å²) in [6.07, 6.45) is 2.95. The third kappa shape index (κ3) is 3.62. The number of anilines is 1. The molecule has 0 radical (unpaired) electrons. The molecule has 1 unspecified atom stereocenters. The van der Waals surface area contributed by atoms with Crippen LogP contribution in [0.3, 0.4) is 0 Å². The SMILES string of the molecule is CCCC1CN(c2nnc(Cc3ccccc3F)s2)CCO1. The zero-order valence-electron chi connectivity index (χ0n) is 12.7. The van der Waals surface area contributed by atoms with Crippen LogP contribution in [-0.2, 0) is 11.2 Å². The van der Waals surface area contributed by atoms with Gasteiger partial charge < -0.3 is 9.64 Å². The molecule has 0 spiro atoms. The lowest BCUT2D eigenvalue weighted by atomic mass is 10.1. The zero-order valence-corrected chi connectivity index (χ0v) is 13.5. The summed E-state index contributed by atoms with van der Waals surface area (Å²) in [4.78, 5) is 2.23. The van der Waals surface area contributed by atoms with E-state index < -0.39 is 0 Å². The molecule has 1 fully saturated rings. The van der Waals surface area contributed by atoms with Gasteiger partial charge >= 0.3 is 0 Å². The Labute approximate surface area is 133 Å². The molecule has 3 rings (SSSR count). The van der Waals surface area contributed by atoms with Crippen LogP contribution in [0.25, 0.3) is 0 Å². The Balaban J connectivity index is 1.67. The van der Waals surface area contributed by atoms with Crippen molar-refractivity contribution in [2.45, 2.75) is 32.3 Å². The van der Waals surface area contributed by atoms with Gasteiger partial charge in [0.1, 0.15) is 10.8 Å². The highest BCUT2D eigenvalue weighted by Gasteiger charge is 2.22. The number of benzene rings is 1. The van der Waals surface area contributed by atoms with Crippen LogP contribution in [0.15, 0.2) is 24.3 Å². The summed E-state index contributed by atoms with van der Waals surface area (Å²) in [5.74, 6) is -0.186. The standard InChI is InChI=1S/C16H20FN3OS/c1-2-5-13-11-20(8-9-21-13)16-19-18-15(22-16)10-12-6-3-4-7-14(12)17/h3-4,6-7,13H,2,5,8-11H2,1H3. The van der Waals surface area contributed by atoms with Gasteiger partial charge in [-0.05, 0) is 18.1 Å². The van der Waals surface area contributed by atoms with Crippen molar-refractivity contribution >= 4 is 16.5 Å². The topological polar surface area (TPSA) is 38.2 Å². The maximum absolute atomic E-state index is 13.7. The van der Waals surface area contributed by atoms with Crippen LogP contribution in [0.1, 0.15) is 30.3 Å². The fourth-order valence-electron chi connectivity index (χ4n) is 2.64. The first-order valence-corrected chi connectivity index (χ1v) is 8.50. The van der Waals surface area contributed by atoms with Crippen LogP contribution in [0.5, 0.6) is 0 Å². The molecule has 1 aromatic carbocycles. The van der Waals surface area contributed by atoms with Gasteiger partial charge in [0.15, 0.2) is 0 Å². The van der Waals surface area contributed by atoms with Crippen LogP contribution >= 0.6 is 11.3 Å². The van der Waals surface area contributed by atoms with Crippen LogP contribution in [-0.4, -0.2) is 36.0 Å². The summed E-state index contributed by atoms with van der Waals surface area (Å²) in [7, 11) is 0. The maximum Gasteiger partial charge on any atom is 0.208 e. The first-order valence-electron chi connectivity index (χ1n) is 7.68. The molecule has 6 heteroatoms. The molecule has 0 amide bonds. The maximum atomic E-state index is 13.7. The lowest BCUT2D eigenvalue weighted by Gasteiger charge is -2.32. The van der Waals surface area contributed by atoms with E-state index in [1.807, 2.05) is 6.07 Å². The van der Waals surface area contributed by atoms with Crippen LogP contribution in [0.4, 0.5) is 9.52 Å². The van der Waals surface area contributed by atoms with Crippen molar-refractivity contribution in [2.75, 3.05) is 24.6 Å². The molecule has 4 nitrogen and oxygen atoms in total. The molecule has 2 heterocycles. The summed E-state index contributed by atoms with van der Waals surface area (Å²) in [6.45, 7) is 4.60. The predicted molar refractivity (Wildman–Crippen MR) is 86.0 cm³/mol. The van der Waals surface area contributed by atoms with Crippen molar-refractivity contribution in [1.82, 2.24) is 10.2 Å². The molecule has 22 heavy (non-hydrogen) atoms. The smallest absolute Gasteiger partial charge is 0.208 e. The quantitative estimate of drug-likeness (QED) is 0.847. The van der Waals surface area contributed by atoms with E-state index in [2.05, 4.69) is 22.0 Å². The van der Waals surface area contributed by atoms with E-state index in [0.717, 1.165) is 42.7 Å². The van der Waals surface area contributed by atoms with Gasteiger partial charge in [-0.25, -0.2) is 4.39 Å². The minimum atomic E-state index is -0.186. The second-order valence-corrected chi connectivity index (χ2v) is 6.51. The molecule has 1 saturated heterocycles. The van der Waals surface area contributed by atoms with Gasteiger partial charge in [-0.2, -0.15) is 0 Å². The van der Waals surface area contributed by atoms with Gasteiger partial charge in [0.2, 0.25) is 5.13 Å². The van der Waals surface area contributed by atoms with E-state index in [1.165, 1.54) is 6.07 Å². The van der Waals surface area contributed by atoms with Crippen LogP contribution < -0.4 is 4.90 Å². The lowest BCUT2D eigenvalue weighted by molar-refractivity contribution is 0.0348. The normalized spacial score (nSPS) is 18.6. The molecule has 0 aliphatic carbocycles. The van der Waals surface area contributed by atoms with Gasteiger partial charge in [-0.3, -0.25) is 0 Å². The number of halogens is 1. The van der Waals surface area contributed by atoms with Gasteiger partial charge in [0.05, 0.1) is 12.7 Å². The zero-order chi connectivity index (χ0) is 15.4. The average Bonchev–Trinajstić information content (AvgIpc) is 2.99. The summed E-state index contributed by atoms with van der Waals surface area (Å²) < 4.78 is 19.5. The largest absolute Gasteiger partial charge is 0.375 e. The average molecular weight is 321 g/mol. The van der Waals surface area contributed by atoms with Gasteiger partial charge in [-0.15, -0.1) is 10.2 Å². The highest BCUT2D eigenvalue weighted by molar-refractivity contribution is 7.15. The van der Waals surface area contributed by atoms with E-state index >= 15 is 0 Å². The third-order valence-corrected chi connectivity index (χ3v) is 4.76. The number of ether oxygens (including phenoxy) is 1. The molecule has 1 aromatic heterocycles. The number of rotatable bonds is 5. The highest BCUT2D eigenvalue weighted by Crippen LogP contribution is 2.25. The predicted octanol–water partition coefficient (Wildman–Crippen LogP) is 3.27. The molecule has 118 valence electrons. The highest BCUT2D eigenvalue weighted by atomic mass is 32.1. The van der Waals surface area contributed by atoms with E-state index in [-0.39, 0.29) is 11.9 Å². The minimum absolute atomic E-state index is 0.186. The molecular formula is C16H20FN3OS. The molecule has 0 saturated carbocycles. The second kappa shape index (κ2) is 7.15. The fraction of sp³-hybridized carbons (Fsp3) is 0.500. The van der Waals surface area contributed by atoms with E-state index in [9.17, 15) is 4.39 Å². The number of morpholine rings is 1. The fourth-order valence-corrected chi connectivity index (χ4v) is 3.53. The van der Waals surface area contributed by atoms with E-state index in [0.29, 0.717) is 12.0 Å². The van der Waals surface area contributed by atoms with Crippen LogP contribution in [0.2, 0.25) is 0 Å². The molecule has 1 aliphatic heterocycles. The number of nitrogens with zero attached hydrogens (tertiary/aromatic N) is 3. The van der Waals surface area contributed by atoms with Crippen molar-refractivity contribution < 1.29 is 9.13 Å². The van der Waals surface area contributed by atoms with E-state index in [4.69, 9.17) is 4.74 Å². The van der Waals surface area contributed by atoms with Crippen molar-refractivity contribution in [3.63, 3.8) is 0 Å².